The highest BCUT2D eigenvalue weighted by Crippen LogP contribution is 2.37. The van der Waals surface area contributed by atoms with E-state index in [1.807, 2.05) is 12.1 Å². The summed E-state index contributed by atoms with van der Waals surface area (Å²) in [6, 6.07) is 11.4. The summed E-state index contributed by atoms with van der Waals surface area (Å²) in [5, 5.41) is 0.439. The highest BCUT2D eigenvalue weighted by atomic mass is 35.5. The van der Waals surface area contributed by atoms with Gasteiger partial charge in [0.25, 0.3) is 5.56 Å². The Labute approximate surface area is 210 Å². The molecular formula is C26H21ClN2O5S. The first kappa shape index (κ1) is 24.3. The van der Waals surface area contributed by atoms with E-state index >= 15 is 0 Å². The second-order valence-electron chi connectivity index (χ2n) is 7.52. The SMILES string of the molecule is C#CCOc1ccc(/C=c2\sc3n(c2=O)[C@H](c2cc(Cl)ccc2OC)C(C(=O)OC)=C(C)N=3)cc1. The lowest BCUT2D eigenvalue weighted by Gasteiger charge is -2.25. The summed E-state index contributed by atoms with van der Waals surface area (Å²) in [4.78, 5) is 31.5. The van der Waals surface area contributed by atoms with Gasteiger partial charge in [0.15, 0.2) is 4.80 Å². The molecule has 1 aliphatic rings. The highest BCUT2D eigenvalue weighted by molar-refractivity contribution is 7.07. The van der Waals surface area contributed by atoms with Crippen molar-refractivity contribution in [2.24, 2.45) is 4.99 Å². The quantitative estimate of drug-likeness (QED) is 0.378. The van der Waals surface area contributed by atoms with E-state index in [4.69, 9.17) is 32.2 Å². The Bertz CT molecular complexity index is 1540. The highest BCUT2D eigenvalue weighted by Gasteiger charge is 2.35. The van der Waals surface area contributed by atoms with Gasteiger partial charge in [-0.2, -0.15) is 0 Å². The number of rotatable bonds is 6. The average Bonchev–Trinajstić information content (AvgIpc) is 3.16. The zero-order valence-corrected chi connectivity index (χ0v) is 20.8. The number of halogens is 1. The van der Waals surface area contributed by atoms with Crippen molar-refractivity contribution < 1.29 is 19.0 Å². The number of nitrogens with zero attached hydrogens (tertiary/aromatic N) is 2. The van der Waals surface area contributed by atoms with Crippen LogP contribution in [-0.4, -0.2) is 31.4 Å². The second kappa shape index (κ2) is 10.2. The number of aromatic nitrogens is 1. The van der Waals surface area contributed by atoms with Crippen LogP contribution in [0.25, 0.3) is 6.08 Å². The molecule has 7 nitrogen and oxygen atoms in total. The molecule has 3 aromatic rings. The Morgan fingerprint density at radius 3 is 2.66 bits per heavy atom. The van der Waals surface area contributed by atoms with Crippen molar-refractivity contribution in [3.8, 4) is 23.8 Å². The number of hydrogen-bond acceptors (Lipinski definition) is 7. The zero-order chi connectivity index (χ0) is 25.1. The fraction of sp³-hybridized carbons (Fsp3) is 0.192. The zero-order valence-electron chi connectivity index (χ0n) is 19.2. The van der Waals surface area contributed by atoms with E-state index in [0.717, 1.165) is 5.56 Å². The fourth-order valence-electron chi connectivity index (χ4n) is 3.84. The van der Waals surface area contributed by atoms with Gasteiger partial charge in [-0.1, -0.05) is 41.0 Å². The maximum Gasteiger partial charge on any atom is 0.338 e. The Balaban J connectivity index is 1.91. The molecule has 2 aromatic carbocycles. The van der Waals surface area contributed by atoms with Crippen LogP contribution in [0.5, 0.6) is 11.5 Å². The van der Waals surface area contributed by atoms with Gasteiger partial charge < -0.3 is 14.2 Å². The van der Waals surface area contributed by atoms with Crippen LogP contribution in [0.3, 0.4) is 0 Å². The molecule has 1 atom stereocenters. The number of fused-ring (bicyclic) bond motifs is 1. The summed E-state index contributed by atoms with van der Waals surface area (Å²) < 4.78 is 17.9. The summed E-state index contributed by atoms with van der Waals surface area (Å²) in [5.41, 5.74) is 1.73. The summed E-state index contributed by atoms with van der Waals surface area (Å²) in [6.07, 6.45) is 6.99. The Morgan fingerprint density at radius 1 is 1.26 bits per heavy atom. The Morgan fingerprint density at radius 2 is 2.00 bits per heavy atom. The smallest absolute Gasteiger partial charge is 0.338 e. The standard InChI is InChI=1S/C26H21ClN2O5S/c1-5-12-34-18-9-6-16(7-10-18)13-21-24(30)29-23(19-14-17(27)8-11-20(19)32-3)22(25(31)33-4)15(2)28-26(29)35-21/h1,6-11,13-14,23H,12H2,2-4H3/b21-13-/t23-/m1/s1. The summed E-state index contributed by atoms with van der Waals surface area (Å²) >= 11 is 7.52. The van der Waals surface area contributed by atoms with Gasteiger partial charge in [0, 0.05) is 10.6 Å². The molecule has 178 valence electrons. The van der Waals surface area contributed by atoms with Crippen molar-refractivity contribution in [3.63, 3.8) is 0 Å². The van der Waals surface area contributed by atoms with E-state index in [9.17, 15) is 9.59 Å². The third kappa shape index (κ3) is 4.74. The van der Waals surface area contributed by atoms with Gasteiger partial charge >= 0.3 is 5.97 Å². The number of allylic oxidation sites excluding steroid dienone is 1. The number of thiazole rings is 1. The van der Waals surface area contributed by atoms with E-state index in [0.29, 0.717) is 37.1 Å². The number of esters is 1. The lowest BCUT2D eigenvalue weighted by molar-refractivity contribution is -0.136. The fourth-order valence-corrected chi connectivity index (χ4v) is 5.07. The number of carbonyl (C=O) groups is 1. The van der Waals surface area contributed by atoms with Crippen LogP contribution in [0, 0.1) is 12.3 Å². The van der Waals surface area contributed by atoms with Crippen molar-refractivity contribution in [3.05, 3.63) is 89.6 Å². The van der Waals surface area contributed by atoms with Crippen molar-refractivity contribution in [1.82, 2.24) is 4.57 Å². The predicted octanol–water partition coefficient (Wildman–Crippen LogP) is 3.08. The van der Waals surface area contributed by atoms with Crippen LogP contribution in [0.4, 0.5) is 0 Å². The maximum atomic E-state index is 13.6. The van der Waals surface area contributed by atoms with Crippen LogP contribution in [0.1, 0.15) is 24.1 Å². The average molecular weight is 509 g/mol. The van der Waals surface area contributed by atoms with Gasteiger partial charge in [-0.25, -0.2) is 9.79 Å². The number of carbonyl (C=O) groups excluding carboxylic acids is 1. The molecule has 9 heteroatoms. The largest absolute Gasteiger partial charge is 0.496 e. The molecule has 0 N–H and O–H groups in total. The molecule has 0 amide bonds. The summed E-state index contributed by atoms with van der Waals surface area (Å²) in [6.45, 7) is 1.88. The van der Waals surface area contributed by atoms with E-state index < -0.39 is 12.0 Å². The van der Waals surface area contributed by atoms with E-state index in [-0.39, 0.29) is 17.7 Å². The number of terminal acetylenes is 1. The Hall–Kier alpha value is -3.80. The topological polar surface area (TPSA) is 79.1 Å². The Kier molecular flexibility index (Phi) is 7.10. The van der Waals surface area contributed by atoms with Gasteiger partial charge in [-0.15, -0.1) is 6.42 Å². The molecule has 0 radical (unpaired) electrons. The van der Waals surface area contributed by atoms with Crippen LogP contribution in [0.2, 0.25) is 5.02 Å². The van der Waals surface area contributed by atoms with Crippen molar-refractivity contribution in [1.29, 1.82) is 0 Å². The number of hydrogen-bond donors (Lipinski definition) is 0. The van der Waals surface area contributed by atoms with Crippen molar-refractivity contribution in [2.45, 2.75) is 13.0 Å². The normalized spacial score (nSPS) is 15.2. The van der Waals surface area contributed by atoms with E-state index in [1.54, 1.807) is 43.3 Å². The third-order valence-corrected chi connectivity index (χ3v) is 6.63. The molecule has 35 heavy (non-hydrogen) atoms. The molecule has 0 saturated carbocycles. The summed E-state index contributed by atoms with van der Waals surface area (Å²) in [5.74, 6) is 2.94. The minimum absolute atomic E-state index is 0.173. The van der Waals surface area contributed by atoms with Gasteiger partial charge in [0.1, 0.15) is 24.1 Å². The van der Waals surface area contributed by atoms with Gasteiger partial charge in [0.05, 0.1) is 30.0 Å². The molecule has 0 saturated heterocycles. The summed E-state index contributed by atoms with van der Waals surface area (Å²) in [7, 11) is 2.80. The monoisotopic (exact) mass is 508 g/mol. The van der Waals surface area contributed by atoms with Gasteiger partial charge in [-0.3, -0.25) is 9.36 Å². The van der Waals surface area contributed by atoms with Gasteiger partial charge in [-0.05, 0) is 48.9 Å². The first-order valence-electron chi connectivity index (χ1n) is 10.5. The molecular weight excluding hydrogens is 488 g/mol. The number of ether oxygens (including phenoxy) is 3. The minimum atomic E-state index is -0.825. The molecule has 0 bridgehead atoms. The van der Waals surface area contributed by atoms with Crippen molar-refractivity contribution >= 4 is 35.0 Å². The molecule has 4 rings (SSSR count). The lowest BCUT2D eigenvalue weighted by atomic mass is 9.95. The van der Waals surface area contributed by atoms with Crippen LogP contribution in [-0.2, 0) is 9.53 Å². The number of methoxy groups -OCH3 is 2. The maximum absolute atomic E-state index is 13.6. The second-order valence-corrected chi connectivity index (χ2v) is 8.97. The predicted molar refractivity (Wildman–Crippen MR) is 135 cm³/mol. The lowest BCUT2D eigenvalue weighted by Crippen LogP contribution is -2.40. The van der Waals surface area contributed by atoms with E-state index in [1.165, 1.54) is 30.1 Å². The number of benzene rings is 2. The van der Waals surface area contributed by atoms with Crippen LogP contribution < -0.4 is 24.4 Å². The molecule has 0 aliphatic carbocycles. The van der Waals surface area contributed by atoms with Gasteiger partial charge in [0.2, 0.25) is 0 Å². The van der Waals surface area contributed by atoms with Crippen LogP contribution >= 0.6 is 22.9 Å². The third-order valence-electron chi connectivity index (χ3n) is 5.41. The minimum Gasteiger partial charge on any atom is -0.496 e. The molecule has 1 aliphatic heterocycles. The van der Waals surface area contributed by atoms with Crippen LogP contribution in [0.15, 0.2) is 63.5 Å². The molecule has 2 heterocycles. The molecule has 0 unspecified atom stereocenters. The van der Waals surface area contributed by atoms with E-state index in [2.05, 4.69) is 10.9 Å². The first-order valence-corrected chi connectivity index (χ1v) is 11.7. The molecule has 0 fully saturated rings. The van der Waals surface area contributed by atoms with Crippen molar-refractivity contribution in [2.75, 3.05) is 20.8 Å². The molecule has 0 spiro atoms. The first-order chi connectivity index (χ1) is 16.9. The molecule has 1 aromatic heterocycles.